The smallest absolute Gasteiger partial charge is 0.244 e. The van der Waals surface area contributed by atoms with Crippen molar-refractivity contribution < 1.29 is 8.42 Å². The molecule has 0 atom stereocenters. The molecule has 0 bridgehead atoms. The van der Waals surface area contributed by atoms with E-state index >= 15 is 0 Å². The first kappa shape index (κ1) is 15.4. The van der Waals surface area contributed by atoms with Gasteiger partial charge in [0.05, 0.1) is 4.90 Å². The fraction of sp³-hybridized carbons (Fsp3) is 0.333. The summed E-state index contributed by atoms with van der Waals surface area (Å²) in [7, 11) is -3.52. The maximum atomic E-state index is 12.4. The van der Waals surface area contributed by atoms with Gasteiger partial charge in [0, 0.05) is 24.1 Å². The van der Waals surface area contributed by atoms with E-state index in [1.807, 2.05) is 0 Å². The number of hydrogen-bond acceptors (Lipinski definition) is 3. The third kappa shape index (κ3) is 3.20. The number of sulfonamides is 1. The van der Waals surface area contributed by atoms with Crippen molar-refractivity contribution in [2.24, 2.45) is 5.73 Å². The molecule has 0 saturated heterocycles. The van der Waals surface area contributed by atoms with Crippen LogP contribution in [0.15, 0.2) is 40.2 Å². The molecule has 0 unspecified atom stereocenters. The Hall–Kier alpha value is -0.690. The Morgan fingerprint density at radius 2 is 2.17 bits per heavy atom. The molecule has 0 aromatic heterocycles. The molecule has 1 aromatic carbocycles. The van der Waals surface area contributed by atoms with Crippen molar-refractivity contribution in [1.29, 1.82) is 0 Å². The van der Waals surface area contributed by atoms with E-state index in [1.165, 1.54) is 4.31 Å². The van der Waals surface area contributed by atoms with Crippen LogP contribution in [0.25, 0.3) is 0 Å². The van der Waals surface area contributed by atoms with Crippen molar-refractivity contribution in [1.82, 2.24) is 4.31 Å². The summed E-state index contributed by atoms with van der Waals surface area (Å²) < 4.78 is 26.8. The van der Waals surface area contributed by atoms with Crippen molar-refractivity contribution in [3.8, 4) is 0 Å². The molecule has 0 fully saturated rings. The van der Waals surface area contributed by atoms with Gasteiger partial charge in [0.15, 0.2) is 0 Å². The normalized spacial score (nSPS) is 11.8. The lowest BCUT2D eigenvalue weighted by Gasteiger charge is -2.20. The molecule has 1 aromatic rings. The number of hydrogen-bond donors (Lipinski definition) is 1. The minimum Gasteiger partial charge on any atom is -0.326 e. The SMILES string of the molecule is C=CCN(CC)S(=O)(=O)c1cc(CN)ccc1Br. The summed E-state index contributed by atoms with van der Waals surface area (Å²) in [5.74, 6) is 0. The summed E-state index contributed by atoms with van der Waals surface area (Å²) in [4.78, 5) is 0.245. The highest BCUT2D eigenvalue weighted by molar-refractivity contribution is 9.10. The van der Waals surface area contributed by atoms with Crippen LogP contribution < -0.4 is 5.73 Å². The predicted octanol–water partition coefficient (Wildman–Crippen LogP) is 2.10. The molecule has 0 radical (unpaired) electrons. The number of nitrogens with zero attached hydrogens (tertiary/aromatic N) is 1. The second kappa shape index (κ2) is 6.47. The molecule has 0 heterocycles. The van der Waals surface area contributed by atoms with Crippen LogP contribution in [0.5, 0.6) is 0 Å². The molecule has 18 heavy (non-hydrogen) atoms. The first-order valence-corrected chi connectivity index (χ1v) is 7.80. The molecule has 0 saturated carbocycles. The zero-order valence-corrected chi connectivity index (χ0v) is 12.7. The third-order valence-corrected chi connectivity index (χ3v) is 5.47. The standard InChI is InChI=1S/C12H17BrN2O2S/c1-3-7-15(4-2)18(16,17)12-8-10(9-14)5-6-11(12)13/h3,5-6,8H,1,4,7,9,14H2,2H3. The van der Waals surface area contributed by atoms with Crippen LogP contribution in [0, 0.1) is 0 Å². The zero-order valence-electron chi connectivity index (χ0n) is 10.3. The Balaban J connectivity index is 3.30. The van der Waals surface area contributed by atoms with Crippen LogP contribution in [-0.2, 0) is 16.6 Å². The highest BCUT2D eigenvalue weighted by Gasteiger charge is 2.24. The lowest BCUT2D eigenvalue weighted by molar-refractivity contribution is 0.459. The van der Waals surface area contributed by atoms with Gasteiger partial charge in [0.2, 0.25) is 10.0 Å². The molecular formula is C12H17BrN2O2S. The fourth-order valence-corrected chi connectivity index (χ4v) is 3.95. The van der Waals surface area contributed by atoms with Crippen molar-refractivity contribution in [3.63, 3.8) is 0 Å². The molecule has 0 aliphatic rings. The Bertz CT molecular complexity index is 529. The predicted molar refractivity (Wildman–Crippen MR) is 76.7 cm³/mol. The molecular weight excluding hydrogens is 316 g/mol. The van der Waals surface area contributed by atoms with E-state index in [9.17, 15) is 8.42 Å². The minimum atomic E-state index is -3.52. The maximum Gasteiger partial charge on any atom is 0.244 e. The Labute approximate surface area is 117 Å². The Morgan fingerprint density at radius 1 is 1.50 bits per heavy atom. The highest BCUT2D eigenvalue weighted by atomic mass is 79.9. The van der Waals surface area contributed by atoms with Crippen LogP contribution >= 0.6 is 15.9 Å². The number of rotatable bonds is 6. The van der Waals surface area contributed by atoms with Gasteiger partial charge in [0.25, 0.3) is 0 Å². The average molecular weight is 333 g/mol. The van der Waals surface area contributed by atoms with E-state index in [4.69, 9.17) is 5.73 Å². The van der Waals surface area contributed by atoms with Crippen LogP contribution in [0.4, 0.5) is 0 Å². The Kier molecular flexibility index (Phi) is 5.52. The van der Waals surface area contributed by atoms with Crippen molar-refractivity contribution >= 4 is 26.0 Å². The van der Waals surface area contributed by atoms with Crippen LogP contribution in [0.1, 0.15) is 12.5 Å². The monoisotopic (exact) mass is 332 g/mol. The van der Waals surface area contributed by atoms with Gasteiger partial charge in [-0.3, -0.25) is 0 Å². The van der Waals surface area contributed by atoms with E-state index < -0.39 is 10.0 Å². The number of likely N-dealkylation sites (N-methyl/N-ethyl adjacent to an activating group) is 1. The van der Waals surface area contributed by atoms with Crippen LogP contribution in [-0.4, -0.2) is 25.8 Å². The van der Waals surface area contributed by atoms with Gasteiger partial charge in [-0.05, 0) is 33.6 Å². The lowest BCUT2D eigenvalue weighted by Crippen LogP contribution is -2.31. The van der Waals surface area contributed by atoms with Gasteiger partial charge in [-0.1, -0.05) is 19.1 Å². The van der Waals surface area contributed by atoms with Crippen molar-refractivity contribution in [2.75, 3.05) is 13.1 Å². The second-order valence-corrected chi connectivity index (χ2v) is 6.47. The van der Waals surface area contributed by atoms with Gasteiger partial charge < -0.3 is 5.73 Å². The highest BCUT2D eigenvalue weighted by Crippen LogP contribution is 2.26. The van der Waals surface area contributed by atoms with Crippen molar-refractivity contribution in [3.05, 3.63) is 40.9 Å². The molecule has 2 N–H and O–H groups in total. The number of nitrogens with two attached hydrogens (primary N) is 1. The van der Waals surface area contributed by atoms with Gasteiger partial charge in [-0.15, -0.1) is 6.58 Å². The zero-order chi connectivity index (χ0) is 13.8. The molecule has 4 nitrogen and oxygen atoms in total. The topological polar surface area (TPSA) is 63.4 Å². The summed E-state index contributed by atoms with van der Waals surface area (Å²) in [6.07, 6.45) is 1.57. The second-order valence-electron chi connectivity index (χ2n) is 3.71. The van der Waals surface area contributed by atoms with E-state index in [2.05, 4.69) is 22.5 Å². The molecule has 0 aliphatic carbocycles. The molecule has 100 valence electrons. The van der Waals surface area contributed by atoms with Gasteiger partial charge in [0.1, 0.15) is 0 Å². The van der Waals surface area contributed by atoms with E-state index in [-0.39, 0.29) is 11.4 Å². The first-order chi connectivity index (χ1) is 8.47. The summed E-state index contributed by atoms with van der Waals surface area (Å²) >= 11 is 3.27. The fourth-order valence-electron chi connectivity index (χ4n) is 1.55. The van der Waals surface area contributed by atoms with Gasteiger partial charge in [-0.25, -0.2) is 8.42 Å². The molecule has 0 amide bonds. The molecule has 0 aliphatic heterocycles. The average Bonchev–Trinajstić information content (AvgIpc) is 2.36. The number of benzene rings is 1. The quantitative estimate of drug-likeness (QED) is 0.811. The largest absolute Gasteiger partial charge is 0.326 e. The molecule has 1 rings (SSSR count). The Morgan fingerprint density at radius 3 is 2.67 bits per heavy atom. The third-order valence-electron chi connectivity index (χ3n) is 2.53. The summed E-state index contributed by atoms with van der Waals surface area (Å²) in [5.41, 5.74) is 6.32. The van der Waals surface area contributed by atoms with E-state index in [1.54, 1.807) is 31.2 Å². The summed E-state index contributed by atoms with van der Waals surface area (Å²) in [5, 5.41) is 0. The van der Waals surface area contributed by atoms with Gasteiger partial charge in [-0.2, -0.15) is 4.31 Å². The van der Waals surface area contributed by atoms with Crippen molar-refractivity contribution in [2.45, 2.75) is 18.4 Å². The molecule has 6 heteroatoms. The molecule has 0 spiro atoms. The maximum absolute atomic E-state index is 12.4. The number of halogens is 1. The van der Waals surface area contributed by atoms with Crippen LogP contribution in [0.3, 0.4) is 0 Å². The summed E-state index contributed by atoms with van der Waals surface area (Å²) in [6, 6.07) is 5.11. The first-order valence-electron chi connectivity index (χ1n) is 5.56. The van der Waals surface area contributed by atoms with Crippen LogP contribution in [0.2, 0.25) is 0 Å². The lowest BCUT2D eigenvalue weighted by atomic mass is 10.2. The summed E-state index contributed by atoms with van der Waals surface area (Å²) in [6.45, 7) is 6.36. The van der Waals surface area contributed by atoms with Gasteiger partial charge >= 0.3 is 0 Å². The van der Waals surface area contributed by atoms with E-state index in [0.29, 0.717) is 17.6 Å². The van der Waals surface area contributed by atoms with E-state index in [0.717, 1.165) is 5.56 Å². The minimum absolute atomic E-state index is 0.245.